The van der Waals surface area contributed by atoms with E-state index in [0.29, 0.717) is 11.2 Å². The molecule has 3 rings (SSSR count). The van der Waals surface area contributed by atoms with E-state index in [2.05, 4.69) is 20.3 Å². The van der Waals surface area contributed by atoms with Gasteiger partial charge in [0.2, 0.25) is 5.91 Å². The lowest BCUT2D eigenvalue weighted by Gasteiger charge is -2.16. The Balaban J connectivity index is 1.77. The van der Waals surface area contributed by atoms with Gasteiger partial charge in [0.05, 0.1) is 6.33 Å². The third-order valence-electron chi connectivity index (χ3n) is 3.87. The smallest absolute Gasteiger partial charge is 0.221 e. The van der Waals surface area contributed by atoms with Crippen molar-refractivity contribution in [3.63, 3.8) is 0 Å². The first kappa shape index (κ1) is 16.5. The fourth-order valence-corrected chi connectivity index (χ4v) is 2.62. The third kappa shape index (κ3) is 2.89. The summed E-state index contributed by atoms with van der Waals surface area (Å²) in [5.41, 5.74) is 11.8. The molecule has 24 heavy (non-hydrogen) atoms. The number of rotatable bonds is 5. The fourth-order valence-electron chi connectivity index (χ4n) is 2.62. The van der Waals surface area contributed by atoms with Crippen LogP contribution in [0.15, 0.2) is 12.7 Å². The maximum atomic E-state index is 11.5. The number of nitrogens with one attached hydrogen (secondary N) is 1. The normalized spacial score (nSPS) is 26.8. The lowest BCUT2D eigenvalue weighted by atomic mass is 10.1. The van der Waals surface area contributed by atoms with Gasteiger partial charge in [0.15, 0.2) is 17.7 Å². The maximum Gasteiger partial charge on any atom is 0.221 e. The van der Waals surface area contributed by atoms with Crippen LogP contribution in [0.1, 0.15) is 12.6 Å². The summed E-state index contributed by atoms with van der Waals surface area (Å²) in [4.78, 5) is 23.5. The molecule has 0 radical (unpaired) electrons. The molecule has 0 saturated carbocycles. The Labute approximate surface area is 136 Å². The molecule has 1 fully saturated rings. The number of hydrogen-bond acceptors (Lipinski definition) is 9. The molecule has 2 aromatic rings. The second-order valence-corrected chi connectivity index (χ2v) is 5.47. The number of ether oxygens (including phenoxy) is 1. The zero-order valence-electron chi connectivity index (χ0n) is 12.7. The molecule has 1 aliphatic heterocycles. The number of imidazole rings is 1. The molecule has 3 heterocycles. The van der Waals surface area contributed by atoms with Gasteiger partial charge in [-0.25, -0.2) is 15.0 Å². The Morgan fingerprint density at radius 1 is 1.33 bits per heavy atom. The van der Waals surface area contributed by atoms with Crippen molar-refractivity contribution in [2.45, 2.75) is 31.0 Å². The topological polar surface area (TPSA) is 174 Å². The van der Waals surface area contributed by atoms with E-state index < -0.39 is 24.5 Å². The van der Waals surface area contributed by atoms with E-state index in [0.717, 1.165) is 0 Å². The van der Waals surface area contributed by atoms with Crippen molar-refractivity contribution in [1.29, 1.82) is 0 Å². The minimum absolute atomic E-state index is 0.0529. The van der Waals surface area contributed by atoms with Gasteiger partial charge in [-0.05, 0) is 0 Å². The molecule has 0 aromatic carbocycles. The summed E-state index contributed by atoms with van der Waals surface area (Å²) in [5.74, 6) is -0.0442. The van der Waals surface area contributed by atoms with Gasteiger partial charge in [0.1, 0.15) is 30.2 Å². The molecule has 0 spiro atoms. The Morgan fingerprint density at radius 3 is 2.88 bits per heavy atom. The van der Waals surface area contributed by atoms with Gasteiger partial charge in [-0.15, -0.1) is 0 Å². The van der Waals surface area contributed by atoms with Crippen LogP contribution in [0.2, 0.25) is 0 Å². The molecule has 0 aliphatic carbocycles. The highest BCUT2D eigenvalue weighted by atomic mass is 16.6. The Morgan fingerprint density at radius 2 is 2.12 bits per heavy atom. The first-order valence-corrected chi connectivity index (χ1v) is 7.44. The van der Waals surface area contributed by atoms with E-state index in [9.17, 15) is 15.0 Å². The van der Waals surface area contributed by atoms with Crippen molar-refractivity contribution in [3.8, 4) is 0 Å². The van der Waals surface area contributed by atoms with Crippen molar-refractivity contribution in [3.05, 3.63) is 12.7 Å². The number of nitrogen functional groups attached to an aromatic ring is 1. The average molecular weight is 337 g/mol. The Kier molecular flexibility index (Phi) is 4.57. The number of carbonyl (C=O) groups is 1. The van der Waals surface area contributed by atoms with Crippen LogP contribution >= 0.6 is 0 Å². The highest BCUT2D eigenvalue weighted by molar-refractivity contribution is 5.81. The van der Waals surface area contributed by atoms with E-state index >= 15 is 0 Å². The highest BCUT2D eigenvalue weighted by Crippen LogP contribution is 2.31. The number of carbonyl (C=O) groups excluding carboxylic acids is 1. The molecule has 0 bridgehead atoms. The second kappa shape index (κ2) is 6.65. The lowest BCUT2D eigenvalue weighted by Crippen LogP contribution is -2.40. The highest BCUT2D eigenvalue weighted by Gasteiger charge is 2.44. The summed E-state index contributed by atoms with van der Waals surface area (Å²) >= 11 is 0. The average Bonchev–Trinajstić information content (AvgIpc) is 3.10. The van der Waals surface area contributed by atoms with E-state index in [1.54, 1.807) is 0 Å². The molecule has 0 unspecified atom stereocenters. The molecule has 11 nitrogen and oxygen atoms in total. The van der Waals surface area contributed by atoms with Gasteiger partial charge in [-0.3, -0.25) is 9.36 Å². The standard InChI is InChI=1S/C13H19N7O4/c14-2-1-7(21)16-3-6-9(22)10(23)13(24-6)20-5-19-8-11(15)17-4-18-12(8)20/h4-6,9-10,13,22-23H,1-3,14H2,(H,16,21)(H2,15,17,18)/t6-,9-,10-,13-/m1/s1. The summed E-state index contributed by atoms with van der Waals surface area (Å²) in [7, 11) is 0. The SMILES string of the molecule is NCCC(=O)NC[C@H]1O[C@@H](n2cnc3c(N)ncnc32)[C@H](O)[C@@H]1O. The van der Waals surface area contributed by atoms with Crippen molar-refractivity contribution in [2.75, 3.05) is 18.8 Å². The predicted octanol–water partition coefficient (Wildman–Crippen LogP) is -2.51. The molecular formula is C13H19N7O4. The van der Waals surface area contributed by atoms with E-state index in [4.69, 9.17) is 16.2 Å². The maximum absolute atomic E-state index is 11.5. The number of fused-ring (bicyclic) bond motifs is 1. The van der Waals surface area contributed by atoms with Crippen LogP contribution in [-0.4, -0.2) is 67.0 Å². The third-order valence-corrected chi connectivity index (χ3v) is 3.87. The first-order valence-electron chi connectivity index (χ1n) is 7.44. The van der Waals surface area contributed by atoms with Gasteiger partial charge in [-0.1, -0.05) is 0 Å². The van der Waals surface area contributed by atoms with E-state index in [1.807, 2.05) is 0 Å². The first-order chi connectivity index (χ1) is 11.5. The molecular weight excluding hydrogens is 318 g/mol. The minimum Gasteiger partial charge on any atom is -0.387 e. The van der Waals surface area contributed by atoms with Gasteiger partial charge in [-0.2, -0.15) is 0 Å². The van der Waals surface area contributed by atoms with Gasteiger partial charge >= 0.3 is 0 Å². The van der Waals surface area contributed by atoms with E-state index in [-0.39, 0.29) is 31.2 Å². The van der Waals surface area contributed by atoms with Gasteiger partial charge in [0, 0.05) is 19.5 Å². The predicted molar refractivity (Wildman–Crippen MR) is 82.3 cm³/mol. The van der Waals surface area contributed by atoms with Gasteiger partial charge < -0.3 is 31.7 Å². The molecule has 1 saturated heterocycles. The van der Waals surface area contributed by atoms with Crippen molar-refractivity contribution < 1.29 is 19.7 Å². The van der Waals surface area contributed by atoms with Crippen LogP contribution in [0, 0.1) is 0 Å². The molecule has 7 N–H and O–H groups in total. The van der Waals surface area contributed by atoms with Crippen LogP contribution in [0.5, 0.6) is 0 Å². The van der Waals surface area contributed by atoms with Crippen LogP contribution < -0.4 is 16.8 Å². The number of amides is 1. The molecule has 2 aromatic heterocycles. The van der Waals surface area contributed by atoms with Crippen LogP contribution in [0.3, 0.4) is 0 Å². The van der Waals surface area contributed by atoms with Gasteiger partial charge in [0.25, 0.3) is 0 Å². The zero-order valence-corrected chi connectivity index (χ0v) is 12.7. The molecule has 130 valence electrons. The number of aliphatic hydroxyl groups excluding tert-OH is 2. The number of nitrogens with zero attached hydrogens (tertiary/aromatic N) is 4. The summed E-state index contributed by atoms with van der Waals surface area (Å²) in [6, 6.07) is 0. The summed E-state index contributed by atoms with van der Waals surface area (Å²) in [6.45, 7) is 0.282. The summed E-state index contributed by atoms with van der Waals surface area (Å²) in [6.07, 6.45) is -1.21. The van der Waals surface area contributed by atoms with Crippen LogP contribution in [-0.2, 0) is 9.53 Å². The van der Waals surface area contributed by atoms with Crippen molar-refractivity contribution in [1.82, 2.24) is 24.8 Å². The molecule has 4 atom stereocenters. The van der Waals surface area contributed by atoms with E-state index in [1.165, 1.54) is 17.2 Å². The molecule has 1 aliphatic rings. The number of nitrogens with two attached hydrogens (primary N) is 2. The lowest BCUT2D eigenvalue weighted by molar-refractivity contribution is -0.122. The molecule has 1 amide bonds. The fraction of sp³-hybridized carbons (Fsp3) is 0.538. The van der Waals surface area contributed by atoms with Crippen LogP contribution in [0.25, 0.3) is 11.2 Å². The number of aliphatic hydroxyl groups is 2. The Bertz CT molecular complexity index is 736. The summed E-state index contributed by atoms with van der Waals surface area (Å²) in [5, 5.41) is 23.0. The van der Waals surface area contributed by atoms with Crippen LogP contribution in [0.4, 0.5) is 5.82 Å². The largest absolute Gasteiger partial charge is 0.387 e. The quantitative estimate of drug-likeness (QED) is 0.394. The number of anilines is 1. The van der Waals surface area contributed by atoms with Crippen molar-refractivity contribution >= 4 is 22.9 Å². The zero-order chi connectivity index (χ0) is 17.3. The summed E-state index contributed by atoms with van der Waals surface area (Å²) < 4.78 is 7.16. The Hall–Kier alpha value is -2.34. The molecule has 11 heteroatoms. The van der Waals surface area contributed by atoms with Crippen molar-refractivity contribution in [2.24, 2.45) is 5.73 Å². The number of aromatic nitrogens is 4. The number of hydrogen-bond donors (Lipinski definition) is 5. The minimum atomic E-state index is -1.21. The second-order valence-electron chi connectivity index (χ2n) is 5.47. The monoisotopic (exact) mass is 337 g/mol.